The number of anilines is 2. The third-order valence-electron chi connectivity index (χ3n) is 28.4. The predicted octanol–water partition coefficient (Wildman–Crippen LogP) is 10.3. The van der Waals surface area contributed by atoms with E-state index in [4.69, 9.17) is 36.1 Å². The molecule has 648 valence electrons. The van der Waals surface area contributed by atoms with Crippen molar-refractivity contribution in [2.75, 3.05) is 121 Å². The van der Waals surface area contributed by atoms with Gasteiger partial charge < -0.3 is 48.9 Å². The van der Waals surface area contributed by atoms with Crippen molar-refractivity contribution in [3.05, 3.63) is 109 Å². The van der Waals surface area contributed by atoms with Gasteiger partial charge in [-0.05, 0) is 166 Å². The van der Waals surface area contributed by atoms with Crippen LogP contribution in [0.15, 0.2) is 87.2 Å². The fourth-order valence-corrected chi connectivity index (χ4v) is 23.3. The molecule has 18 rings (SSSR count). The van der Waals surface area contributed by atoms with Gasteiger partial charge in [0.2, 0.25) is 0 Å². The molecule has 0 spiro atoms. The van der Waals surface area contributed by atoms with Gasteiger partial charge in [-0.15, -0.1) is 12.4 Å². The van der Waals surface area contributed by atoms with Crippen LogP contribution in [0.3, 0.4) is 0 Å². The molecule has 0 amide bonds. The Balaban J connectivity index is 0.000000153. The molecule has 12 aliphatic rings. The molecule has 3 aromatic heterocycles. The Morgan fingerprint density at radius 3 is 0.992 bits per heavy atom. The van der Waals surface area contributed by atoms with E-state index in [2.05, 4.69) is 65.9 Å². The van der Waals surface area contributed by atoms with E-state index < -0.39 is 5.97 Å². The Morgan fingerprint density at radius 2 is 0.672 bits per heavy atom. The van der Waals surface area contributed by atoms with Crippen LogP contribution in [0.1, 0.15) is 244 Å². The maximum atomic E-state index is 14.2. The molecule has 3 saturated carbocycles. The van der Waals surface area contributed by atoms with Crippen molar-refractivity contribution in [1.82, 2.24) is 63.4 Å². The SMILES string of the molecule is CCOC(=O)CN1CCN(c2nc3ccccc3n(C3C[C@H]4CC[C@@H](C3)N4C3CCCCCCC3)c2=O)CC1.CCOC(=O)CN1CCNCC1.Cl.O=C(O)CN1CCN(c2nc3ccccc3n(C3C[C@H]4CC[C@@H](C3)N4C3CCCCCCC3)c2=O)CC1.O=c1c(Cl)nc2ccccc2n1C1C[C@H]2CC[C@@H](C1)N2C1CCCCCCC1.[Na+].[OH-]. The van der Waals surface area contributed by atoms with Crippen LogP contribution in [0.4, 0.5) is 11.6 Å². The molecule has 12 fully saturated rings. The van der Waals surface area contributed by atoms with Crippen LogP contribution in [0.2, 0.25) is 5.15 Å². The number of halogens is 2. The van der Waals surface area contributed by atoms with Crippen molar-refractivity contribution in [1.29, 1.82) is 0 Å². The topological polar surface area (TPSA) is 263 Å². The monoisotopic (exact) mass is 1690 g/mol. The predicted molar refractivity (Wildman–Crippen MR) is 469 cm³/mol. The summed E-state index contributed by atoms with van der Waals surface area (Å²) in [6, 6.07) is 30.6. The maximum absolute atomic E-state index is 14.2. The number of nitrogens with one attached hydrogen (secondary N) is 1. The molecule has 3 unspecified atom stereocenters. The summed E-state index contributed by atoms with van der Waals surface area (Å²) in [4.78, 5) is 108. The minimum absolute atomic E-state index is 0. The molecule has 25 nitrogen and oxygen atoms in total. The largest absolute Gasteiger partial charge is 1.00 e. The van der Waals surface area contributed by atoms with Crippen LogP contribution < -0.4 is 61.4 Å². The number of nitrogens with zero attached hydrogens (tertiary/aromatic N) is 14. The number of aromatic nitrogens is 6. The van der Waals surface area contributed by atoms with Gasteiger partial charge in [-0.3, -0.25) is 58.2 Å². The third kappa shape index (κ3) is 22.5. The number of piperazine rings is 3. The number of carboxylic acids is 1. The molecule has 28 heteroatoms. The number of carbonyl (C=O) groups is 3. The second-order valence-corrected chi connectivity index (χ2v) is 36.0. The number of piperidine rings is 3. The van der Waals surface area contributed by atoms with Gasteiger partial charge in [-0.2, -0.15) is 0 Å². The van der Waals surface area contributed by atoms with Crippen molar-refractivity contribution >= 4 is 86.7 Å². The van der Waals surface area contributed by atoms with E-state index in [1.807, 2.05) is 84.0 Å². The summed E-state index contributed by atoms with van der Waals surface area (Å²) in [6.07, 6.45) is 42.9. The molecule has 3 aliphatic carbocycles. The number of aliphatic carboxylic acids is 1. The normalized spacial score (nSPS) is 26.7. The number of carboxylic acid groups (broad SMARTS) is 1. The van der Waals surface area contributed by atoms with Crippen LogP contribution in [-0.4, -0.2) is 252 Å². The summed E-state index contributed by atoms with van der Waals surface area (Å²) in [5, 5.41) is 12.5. The molecule has 3 aromatic carbocycles. The Labute approximate surface area is 737 Å². The Bertz CT molecular complexity index is 4390. The molecule has 9 aliphatic heterocycles. The first-order chi connectivity index (χ1) is 56.7. The summed E-state index contributed by atoms with van der Waals surface area (Å²) in [6.45, 7) is 14.5. The first kappa shape index (κ1) is 92.5. The number of carbonyl (C=O) groups excluding carboxylic acids is 2. The average Bonchev–Trinajstić information content (AvgIpc) is 1.73. The van der Waals surface area contributed by atoms with Crippen molar-refractivity contribution in [3.8, 4) is 0 Å². The quantitative estimate of drug-likeness (QED) is 0.0674. The van der Waals surface area contributed by atoms with Gasteiger partial charge >= 0.3 is 47.5 Å². The van der Waals surface area contributed by atoms with E-state index in [0.717, 1.165) is 129 Å². The van der Waals surface area contributed by atoms with Crippen molar-refractivity contribution in [2.45, 2.75) is 298 Å². The number of esters is 2. The smallest absolute Gasteiger partial charge is 0.870 e. The molecule has 9 saturated heterocycles. The van der Waals surface area contributed by atoms with E-state index in [-0.39, 0.29) is 106 Å². The van der Waals surface area contributed by atoms with Gasteiger partial charge in [0.1, 0.15) is 0 Å². The number of hydrogen-bond acceptors (Lipinski definition) is 21. The van der Waals surface area contributed by atoms with Gasteiger partial charge in [0.05, 0.1) is 65.9 Å². The molecule has 0 radical (unpaired) electrons. The Morgan fingerprint density at radius 1 is 0.387 bits per heavy atom. The number of benzene rings is 3. The number of fused-ring (bicyclic) bond motifs is 9. The van der Waals surface area contributed by atoms with Crippen molar-refractivity contribution in [3.63, 3.8) is 0 Å². The minimum atomic E-state index is -0.806. The van der Waals surface area contributed by atoms with Gasteiger partial charge in [0.25, 0.3) is 16.7 Å². The fraction of sp³-hybridized carbons (Fsp3) is 0.703. The van der Waals surface area contributed by atoms with Crippen molar-refractivity contribution in [2.24, 2.45) is 0 Å². The zero-order valence-corrected chi connectivity index (χ0v) is 75.0. The van der Waals surface area contributed by atoms with Gasteiger partial charge in [0.15, 0.2) is 16.8 Å². The summed E-state index contributed by atoms with van der Waals surface area (Å²) in [5.41, 5.74) is 5.40. The van der Waals surface area contributed by atoms with Crippen LogP contribution in [0.25, 0.3) is 33.1 Å². The minimum Gasteiger partial charge on any atom is -0.870 e. The number of para-hydroxylation sites is 6. The number of rotatable bonds is 16. The maximum Gasteiger partial charge on any atom is 1.00 e. The summed E-state index contributed by atoms with van der Waals surface area (Å²) >= 11 is 6.23. The van der Waals surface area contributed by atoms with E-state index in [1.54, 1.807) is 0 Å². The van der Waals surface area contributed by atoms with Crippen LogP contribution >= 0.6 is 24.0 Å². The molecule has 6 bridgehead atoms. The number of ether oxygens (including phenoxy) is 2. The van der Waals surface area contributed by atoms with Crippen LogP contribution in [0.5, 0.6) is 0 Å². The first-order valence-corrected chi connectivity index (χ1v) is 46.1. The molecule has 119 heavy (non-hydrogen) atoms. The second kappa shape index (κ2) is 44.8. The average molecular weight is 1690 g/mol. The molecule has 12 heterocycles. The van der Waals surface area contributed by atoms with Gasteiger partial charge in [0, 0.05) is 151 Å². The molecule has 9 atom stereocenters. The van der Waals surface area contributed by atoms with Crippen LogP contribution in [-0.2, 0) is 23.9 Å². The van der Waals surface area contributed by atoms with Gasteiger partial charge in [-0.1, -0.05) is 144 Å². The number of hydrogen-bond donors (Lipinski definition) is 2. The summed E-state index contributed by atoms with van der Waals surface area (Å²) < 4.78 is 16.1. The zero-order chi connectivity index (χ0) is 80.0. The standard InChI is InChI=1S/C31H45N5O3.C29H41N5O3.C23H30ClN3O.C8H16N2O2.ClH.Na.H2O/c1-2-39-29(37)22-33-16-18-34(19-17-33)30-31(38)36(28-13-9-8-12-27(28)32-30)26-20-24-14-15-25(21-26)35(24)23-10-6-4-3-5-7-11-23;35-27(36)20-31-14-16-32(17-15-31)28-29(37)34(26-11-7-6-10-25(26)30-28)24-18-22-12-13-23(19-24)33(22)21-8-4-2-1-3-5-9-21;24-22-23(28)27(21-11-7-6-10-20(21)25-22)19-14-17-12-13-18(15-19)26(17)16-8-4-2-1-3-5-9-16;1-2-12-8(11)7-10-5-3-9-4-6-10;;;/h8-9,12-13,23-26H,2-7,10-11,14-22H2,1H3;6-7,10-11,21-24H,1-5,8-9,12-20H2,(H,35,36);6-7,10-11,16-19H,1-5,8-9,12-15H2;9H,2-7H2,1H3;1H;;1H2/q;;;;;+1;/p-1/t24-,25+,26?;22-,23+,24?;17-,18+,19?;;;;. The zero-order valence-electron chi connectivity index (χ0n) is 71.4. The van der Waals surface area contributed by atoms with Crippen molar-refractivity contribution < 1.29 is 64.0 Å². The third-order valence-corrected chi connectivity index (χ3v) is 28.7. The Hall–Kier alpha value is -5.65. The summed E-state index contributed by atoms with van der Waals surface area (Å²) in [7, 11) is 0. The van der Waals surface area contributed by atoms with Gasteiger partial charge in [-0.25, -0.2) is 15.0 Å². The van der Waals surface area contributed by atoms with E-state index in [1.165, 1.54) is 173 Å². The van der Waals surface area contributed by atoms with E-state index in [0.29, 0.717) is 113 Å². The Kier molecular flexibility index (Phi) is 34.8. The molecular formula is C91H134Cl2N15NaO10. The molecule has 3 N–H and O–H groups in total. The second-order valence-electron chi connectivity index (χ2n) is 35.7. The van der Waals surface area contributed by atoms with E-state index in [9.17, 15) is 28.8 Å². The molecular weight excluding hydrogens is 1560 g/mol. The van der Waals surface area contributed by atoms with E-state index >= 15 is 0 Å². The summed E-state index contributed by atoms with van der Waals surface area (Å²) in [5.74, 6) is -0.000300. The molecule has 6 aromatic rings. The van der Waals surface area contributed by atoms with Crippen LogP contribution in [0, 0.1) is 0 Å². The first-order valence-electron chi connectivity index (χ1n) is 45.7. The fourth-order valence-electron chi connectivity index (χ4n) is 23.2.